The summed E-state index contributed by atoms with van der Waals surface area (Å²) in [4.78, 5) is 0.147. The minimum Gasteiger partial charge on any atom is -0.508 e. The Hall–Kier alpha value is -2.05. The third-order valence-corrected chi connectivity index (χ3v) is 4.06. The second-order valence-corrected chi connectivity index (χ2v) is 6.50. The minimum absolute atomic E-state index is 0.0791. The molecule has 0 spiro atoms. The van der Waals surface area contributed by atoms with Gasteiger partial charge in [0.25, 0.3) is 0 Å². The SMILES string of the molecule is CS(=O)(=O)c1ccc(C(O)c2cc(O)ccc2O)cc1. The van der Waals surface area contributed by atoms with Crippen molar-refractivity contribution in [3.8, 4) is 11.5 Å². The Labute approximate surface area is 116 Å². The van der Waals surface area contributed by atoms with Crippen LogP contribution in [0.1, 0.15) is 17.2 Å². The van der Waals surface area contributed by atoms with Gasteiger partial charge in [0.1, 0.15) is 17.6 Å². The summed E-state index contributed by atoms with van der Waals surface area (Å²) in [6.07, 6.45) is -0.0600. The maximum absolute atomic E-state index is 11.3. The van der Waals surface area contributed by atoms with E-state index in [0.717, 1.165) is 6.26 Å². The molecule has 1 unspecified atom stereocenters. The number of benzene rings is 2. The van der Waals surface area contributed by atoms with Crippen LogP contribution in [0.15, 0.2) is 47.4 Å². The third kappa shape index (κ3) is 2.92. The summed E-state index contributed by atoms with van der Waals surface area (Å²) >= 11 is 0. The van der Waals surface area contributed by atoms with Crippen LogP contribution < -0.4 is 0 Å². The molecule has 2 aromatic rings. The summed E-state index contributed by atoms with van der Waals surface area (Å²) in [5.41, 5.74) is 0.565. The lowest BCUT2D eigenvalue weighted by molar-refractivity contribution is 0.215. The lowest BCUT2D eigenvalue weighted by Crippen LogP contribution is -2.02. The topological polar surface area (TPSA) is 94.8 Å². The molecule has 0 bridgehead atoms. The largest absolute Gasteiger partial charge is 0.508 e. The van der Waals surface area contributed by atoms with Crippen LogP contribution in [0.25, 0.3) is 0 Å². The van der Waals surface area contributed by atoms with Crippen LogP contribution in [0, 0.1) is 0 Å². The number of sulfone groups is 1. The third-order valence-electron chi connectivity index (χ3n) is 2.93. The summed E-state index contributed by atoms with van der Waals surface area (Å²) in [7, 11) is -3.30. The maximum Gasteiger partial charge on any atom is 0.175 e. The Morgan fingerprint density at radius 3 is 2.15 bits per heavy atom. The van der Waals surface area contributed by atoms with Gasteiger partial charge in [0.2, 0.25) is 0 Å². The van der Waals surface area contributed by atoms with Crippen molar-refractivity contribution in [3.05, 3.63) is 53.6 Å². The fourth-order valence-electron chi connectivity index (χ4n) is 1.84. The van der Waals surface area contributed by atoms with Gasteiger partial charge >= 0.3 is 0 Å². The number of phenols is 2. The summed E-state index contributed by atoms with van der Waals surface area (Å²) < 4.78 is 22.7. The van der Waals surface area contributed by atoms with E-state index in [9.17, 15) is 23.7 Å². The van der Waals surface area contributed by atoms with Gasteiger partial charge in [-0.05, 0) is 35.9 Å². The highest BCUT2D eigenvalue weighted by atomic mass is 32.2. The Morgan fingerprint density at radius 1 is 1.00 bits per heavy atom. The lowest BCUT2D eigenvalue weighted by Gasteiger charge is -2.13. The molecule has 2 aromatic carbocycles. The molecule has 0 radical (unpaired) electrons. The molecule has 20 heavy (non-hydrogen) atoms. The van der Waals surface area contributed by atoms with Gasteiger partial charge in [0, 0.05) is 11.8 Å². The molecule has 0 saturated heterocycles. The van der Waals surface area contributed by atoms with Gasteiger partial charge in [-0.1, -0.05) is 12.1 Å². The number of aliphatic hydroxyl groups is 1. The molecule has 0 fully saturated rings. The van der Waals surface area contributed by atoms with E-state index in [-0.39, 0.29) is 22.0 Å². The molecule has 0 aliphatic heterocycles. The van der Waals surface area contributed by atoms with Crippen molar-refractivity contribution in [1.82, 2.24) is 0 Å². The average Bonchev–Trinajstić information content (AvgIpc) is 2.40. The van der Waals surface area contributed by atoms with Crippen molar-refractivity contribution in [2.24, 2.45) is 0 Å². The van der Waals surface area contributed by atoms with Gasteiger partial charge in [-0.15, -0.1) is 0 Å². The molecule has 0 saturated carbocycles. The highest BCUT2D eigenvalue weighted by Gasteiger charge is 2.16. The number of hydrogen-bond acceptors (Lipinski definition) is 5. The van der Waals surface area contributed by atoms with E-state index in [1.807, 2.05) is 0 Å². The predicted octanol–water partition coefficient (Wildman–Crippen LogP) is 1.58. The van der Waals surface area contributed by atoms with Crippen molar-refractivity contribution in [1.29, 1.82) is 0 Å². The second kappa shape index (κ2) is 5.15. The van der Waals surface area contributed by atoms with E-state index in [1.54, 1.807) is 0 Å². The molecular weight excluding hydrogens is 280 g/mol. The quantitative estimate of drug-likeness (QED) is 0.747. The van der Waals surface area contributed by atoms with E-state index >= 15 is 0 Å². The van der Waals surface area contributed by atoms with Crippen LogP contribution in [0.2, 0.25) is 0 Å². The lowest BCUT2D eigenvalue weighted by atomic mass is 10.0. The summed E-state index contributed by atoms with van der Waals surface area (Å²) in [5, 5.41) is 29.2. The number of rotatable bonds is 3. The van der Waals surface area contributed by atoms with Gasteiger partial charge in [-0.2, -0.15) is 0 Å². The minimum atomic E-state index is -3.30. The highest BCUT2D eigenvalue weighted by molar-refractivity contribution is 7.90. The number of aromatic hydroxyl groups is 2. The zero-order valence-electron chi connectivity index (χ0n) is 10.7. The molecule has 1 atom stereocenters. The van der Waals surface area contributed by atoms with Gasteiger partial charge in [-0.3, -0.25) is 0 Å². The Bertz CT molecular complexity index is 720. The van der Waals surface area contributed by atoms with E-state index in [2.05, 4.69) is 0 Å². The molecule has 0 heterocycles. The molecule has 0 amide bonds. The predicted molar refractivity (Wildman–Crippen MR) is 73.4 cm³/mol. The standard InChI is InChI=1S/C14H14O5S/c1-20(18,19)11-5-2-9(3-6-11)14(17)12-8-10(15)4-7-13(12)16/h2-8,14-17H,1H3. The smallest absolute Gasteiger partial charge is 0.175 e. The van der Waals surface area contributed by atoms with Crippen molar-refractivity contribution in [2.45, 2.75) is 11.0 Å². The van der Waals surface area contributed by atoms with Crippen LogP contribution in [-0.2, 0) is 9.84 Å². The molecule has 0 aromatic heterocycles. The fraction of sp³-hybridized carbons (Fsp3) is 0.143. The number of hydrogen-bond donors (Lipinski definition) is 3. The average molecular weight is 294 g/mol. The van der Waals surface area contributed by atoms with Gasteiger partial charge in [-0.25, -0.2) is 8.42 Å². The molecule has 6 heteroatoms. The molecule has 106 valence electrons. The first-order chi connectivity index (χ1) is 9.29. The normalized spacial score (nSPS) is 13.1. The first-order valence-corrected chi connectivity index (χ1v) is 7.68. The number of phenolic OH excluding ortho intramolecular Hbond substituents is 2. The fourth-order valence-corrected chi connectivity index (χ4v) is 2.47. The van der Waals surface area contributed by atoms with E-state index < -0.39 is 15.9 Å². The first-order valence-electron chi connectivity index (χ1n) is 5.79. The first kappa shape index (κ1) is 14.4. The Kier molecular flexibility index (Phi) is 3.69. The van der Waals surface area contributed by atoms with Crippen molar-refractivity contribution < 1.29 is 23.7 Å². The van der Waals surface area contributed by atoms with Crippen LogP contribution >= 0.6 is 0 Å². The zero-order chi connectivity index (χ0) is 14.9. The Balaban J connectivity index is 2.39. The monoisotopic (exact) mass is 294 g/mol. The van der Waals surface area contributed by atoms with E-state index in [1.165, 1.54) is 42.5 Å². The summed E-state index contributed by atoms with van der Waals surface area (Å²) in [5.74, 6) is -0.230. The summed E-state index contributed by atoms with van der Waals surface area (Å²) in [6.45, 7) is 0. The van der Waals surface area contributed by atoms with Crippen LogP contribution in [0.3, 0.4) is 0 Å². The van der Waals surface area contributed by atoms with E-state index in [0.29, 0.717) is 5.56 Å². The highest BCUT2D eigenvalue weighted by Crippen LogP contribution is 2.32. The zero-order valence-corrected chi connectivity index (χ0v) is 11.5. The van der Waals surface area contributed by atoms with Crippen LogP contribution in [-0.4, -0.2) is 30.0 Å². The second-order valence-electron chi connectivity index (χ2n) is 4.49. The van der Waals surface area contributed by atoms with Crippen LogP contribution in [0.4, 0.5) is 0 Å². The number of aliphatic hydroxyl groups excluding tert-OH is 1. The molecular formula is C14H14O5S. The molecule has 3 N–H and O–H groups in total. The van der Waals surface area contributed by atoms with Gasteiger partial charge < -0.3 is 15.3 Å². The van der Waals surface area contributed by atoms with E-state index in [4.69, 9.17) is 0 Å². The van der Waals surface area contributed by atoms with Crippen molar-refractivity contribution >= 4 is 9.84 Å². The molecule has 2 rings (SSSR count). The molecule has 0 aliphatic rings. The van der Waals surface area contributed by atoms with Crippen molar-refractivity contribution in [2.75, 3.05) is 6.26 Å². The van der Waals surface area contributed by atoms with Crippen molar-refractivity contribution in [3.63, 3.8) is 0 Å². The van der Waals surface area contributed by atoms with Gasteiger partial charge in [0.15, 0.2) is 9.84 Å². The Morgan fingerprint density at radius 2 is 1.60 bits per heavy atom. The van der Waals surface area contributed by atoms with Crippen LogP contribution in [0.5, 0.6) is 11.5 Å². The van der Waals surface area contributed by atoms with Gasteiger partial charge in [0.05, 0.1) is 4.90 Å². The molecule has 5 nitrogen and oxygen atoms in total. The summed E-state index contributed by atoms with van der Waals surface area (Å²) in [6, 6.07) is 9.53. The molecule has 0 aliphatic carbocycles. The maximum atomic E-state index is 11.3.